The molecule has 0 aliphatic heterocycles. The molecule has 0 rings (SSSR count). The van der Waals surface area contributed by atoms with Gasteiger partial charge >= 0.3 is 8.80 Å². The molecule has 1 N–H and O–H groups in total. The van der Waals surface area contributed by atoms with Crippen molar-refractivity contribution in [2.45, 2.75) is 18.9 Å². The highest BCUT2D eigenvalue weighted by atomic mass is 35.5. The molecule has 1 amide bonds. The monoisotopic (exact) mass is 328 g/mol. The first-order chi connectivity index (χ1) is 8.95. The largest absolute Gasteiger partial charge is 1.00 e. The molecule has 0 aromatic carbocycles. The van der Waals surface area contributed by atoms with Crippen molar-refractivity contribution in [3.05, 3.63) is 0 Å². The summed E-state index contributed by atoms with van der Waals surface area (Å²) in [4.78, 5) is 10.2. The zero-order chi connectivity index (χ0) is 14.8. The first-order valence-electron chi connectivity index (χ1n) is 6.60. The van der Waals surface area contributed by atoms with Crippen LogP contribution in [0.2, 0.25) is 6.04 Å². The van der Waals surface area contributed by atoms with E-state index in [2.05, 4.69) is 19.4 Å². The van der Waals surface area contributed by atoms with E-state index in [1.54, 1.807) is 21.3 Å². The van der Waals surface area contributed by atoms with Gasteiger partial charge in [0.1, 0.15) is 0 Å². The van der Waals surface area contributed by atoms with Crippen LogP contribution in [0.3, 0.4) is 0 Å². The Morgan fingerprint density at radius 1 is 1.05 bits per heavy atom. The van der Waals surface area contributed by atoms with Crippen LogP contribution in [0.1, 0.15) is 12.8 Å². The van der Waals surface area contributed by atoms with Crippen molar-refractivity contribution in [3.63, 3.8) is 0 Å². The number of rotatable bonds is 12. The summed E-state index contributed by atoms with van der Waals surface area (Å²) in [6, 6.07) is 0.824. The van der Waals surface area contributed by atoms with Crippen LogP contribution in [0.15, 0.2) is 0 Å². The Morgan fingerprint density at radius 3 is 2.00 bits per heavy atom. The fourth-order valence-corrected chi connectivity index (χ4v) is 3.76. The lowest BCUT2D eigenvalue weighted by Gasteiger charge is -2.31. The summed E-state index contributed by atoms with van der Waals surface area (Å²) in [6.07, 6.45) is 2.72. The van der Waals surface area contributed by atoms with Gasteiger partial charge in [-0.05, 0) is 0 Å². The van der Waals surface area contributed by atoms with Crippen molar-refractivity contribution in [1.82, 2.24) is 5.32 Å². The summed E-state index contributed by atoms with van der Waals surface area (Å²) in [6.45, 7) is 2.80. The molecular formula is C12H29ClN2O4Si. The fraction of sp³-hybridized carbons (Fsp3) is 0.917. The molecule has 0 saturated heterocycles. The average Bonchev–Trinajstić information content (AvgIpc) is 2.40. The molecule has 0 fully saturated rings. The number of carbonyl (C=O) groups excluding carboxylic acids is 1. The van der Waals surface area contributed by atoms with E-state index in [0.29, 0.717) is 0 Å². The Kier molecular flexibility index (Phi) is 12.7. The summed E-state index contributed by atoms with van der Waals surface area (Å²) < 4.78 is 17.1. The van der Waals surface area contributed by atoms with E-state index in [-0.39, 0.29) is 12.4 Å². The zero-order valence-corrected chi connectivity index (χ0v) is 15.0. The molecule has 0 atom stereocenters. The molecule has 20 heavy (non-hydrogen) atoms. The molecule has 0 bridgehead atoms. The first-order valence-corrected chi connectivity index (χ1v) is 8.53. The maximum Gasteiger partial charge on any atom is 0.500 e. The third-order valence-electron chi connectivity index (χ3n) is 3.35. The normalized spacial score (nSPS) is 11.8. The average molecular weight is 329 g/mol. The van der Waals surface area contributed by atoms with Gasteiger partial charge in [0.05, 0.1) is 27.2 Å². The van der Waals surface area contributed by atoms with Crippen LogP contribution in [0, 0.1) is 0 Å². The maximum absolute atomic E-state index is 10.2. The Labute approximate surface area is 130 Å². The van der Waals surface area contributed by atoms with Gasteiger partial charge in [-0.25, -0.2) is 0 Å². The molecular weight excluding hydrogens is 300 g/mol. The fourth-order valence-electron chi connectivity index (χ4n) is 2.06. The first kappa shape index (κ1) is 22.1. The van der Waals surface area contributed by atoms with Crippen LogP contribution in [-0.4, -0.2) is 74.8 Å². The quantitative estimate of drug-likeness (QED) is 0.186. The second kappa shape index (κ2) is 11.5. The lowest BCUT2D eigenvalue weighted by atomic mass is 10.3. The lowest BCUT2D eigenvalue weighted by molar-refractivity contribution is -0.890. The van der Waals surface area contributed by atoms with Crippen LogP contribution in [-0.2, 0) is 18.1 Å². The Bertz CT molecular complexity index is 245. The van der Waals surface area contributed by atoms with Crippen molar-refractivity contribution in [2.75, 3.05) is 55.1 Å². The second-order valence-electron chi connectivity index (χ2n) is 5.21. The van der Waals surface area contributed by atoms with Crippen LogP contribution < -0.4 is 17.7 Å². The van der Waals surface area contributed by atoms with Crippen molar-refractivity contribution < 1.29 is 35.0 Å². The summed E-state index contributed by atoms with van der Waals surface area (Å²) in [5, 5.41) is 2.68. The molecule has 0 unspecified atom stereocenters. The minimum Gasteiger partial charge on any atom is -1.00 e. The molecule has 0 aromatic rings. The predicted octanol–water partition coefficient (Wildman–Crippen LogP) is -2.53. The number of hydrogen-bond donors (Lipinski definition) is 1. The van der Waals surface area contributed by atoms with Crippen molar-refractivity contribution in [1.29, 1.82) is 0 Å². The topological polar surface area (TPSA) is 56.8 Å². The number of amides is 1. The van der Waals surface area contributed by atoms with Crippen LogP contribution in [0.25, 0.3) is 0 Å². The van der Waals surface area contributed by atoms with Gasteiger partial charge in [0.15, 0.2) is 0 Å². The SMILES string of the molecule is CO[Si](CCC[N+](C)(C)CCCNC=O)(OC)OC.[Cl-]. The van der Waals surface area contributed by atoms with Gasteiger partial charge in [0.25, 0.3) is 0 Å². The van der Waals surface area contributed by atoms with Gasteiger partial charge in [-0.1, -0.05) is 0 Å². The van der Waals surface area contributed by atoms with Crippen molar-refractivity contribution in [3.8, 4) is 0 Å². The number of hydrogen-bond acceptors (Lipinski definition) is 4. The smallest absolute Gasteiger partial charge is 0.500 e. The van der Waals surface area contributed by atoms with E-state index in [4.69, 9.17) is 13.3 Å². The number of nitrogens with zero attached hydrogens (tertiary/aromatic N) is 1. The van der Waals surface area contributed by atoms with Crippen LogP contribution >= 0.6 is 0 Å². The number of halogens is 1. The molecule has 0 aromatic heterocycles. The van der Waals surface area contributed by atoms with Gasteiger partial charge in [-0.2, -0.15) is 0 Å². The van der Waals surface area contributed by atoms with E-state index >= 15 is 0 Å². The molecule has 0 saturated carbocycles. The summed E-state index contributed by atoms with van der Waals surface area (Å²) in [7, 11) is 6.88. The number of nitrogens with one attached hydrogen (secondary N) is 1. The van der Waals surface area contributed by atoms with Crippen molar-refractivity contribution in [2.24, 2.45) is 0 Å². The second-order valence-corrected chi connectivity index (χ2v) is 8.30. The van der Waals surface area contributed by atoms with E-state index < -0.39 is 8.80 Å². The van der Waals surface area contributed by atoms with Crippen LogP contribution in [0.4, 0.5) is 0 Å². The molecule has 122 valence electrons. The van der Waals surface area contributed by atoms with E-state index in [9.17, 15) is 4.79 Å². The third kappa shape index (κ3) is 8.88. The number of quaternary nitrogens is 1. The van der Waals surface area contributed by atoms with Gasteiger partial charge in [-0.15, -0.1) is 0 Å². The molecule has 6 nitrogen and oxygen atoms in total. The highest BCUT2D eigenvalue weighted by molar-refractivity contribution is 6.60. The highest BCUT2D eigenvalue weighted by Crippen LogP contribution is 2.16. The lowest BCUT2D eigenvalue weighted by Crippen LogP contribution is -3.00. The van der Waals surface area contributed by atoms with E-state index in [1.807, 2.05) is 0 Å². The predicted molar refractivity (Wildman–Crippen MR) is 76.7 cm³/mol. The standard InChI is InChI=1S/C12H28N2O4Si.ClH/c1-14(2,9-6-8-13-12-15)10-7-11-19(16-3,17-4)18-5;/h12H,6-11H2,1-5H3;1H. The van der Waals surface area contributed by atoms with E-state index in [1.165, 1.54) is 0 Å². The van der Waals surface area contributed by atoms with E-state index in [0.717, 1.165) is 49.4 Å². The molecule has 0 aliphatic carbocycles. The summed E-state index contributed by atoms with van der Waals surface area (Å²) >= 11 is 0. The molecule has 0 heterocycles. The number of carbonyl (C=O) groups is 1. The van der Waals surface area contributed by atoms with Crippen LogP contribution in [0.5, 0.6) is 0 Å². The molecule has 0 aliphatic rings. The minimum absolute atomic E-state index is 0. The Hall–Kier alpha value is -0.183. The van der Waals surface area contributed by atoms with Gasteiger partial charge in [0.2, 0.25) is 6.41 Å². The zero-order valence-electron chi connectivity index (χ0n) is 13.3. The molecule has 8 heteroatoms. The molecule has 0 radical (unpaired) electrons. The minimum atomic E-state index is -2.43. The van der Waals surface area contributed by atoms with Crippen molar-refractivity contribution >= 4 is 15.2 Å². The van der Waals surface area contributed by atoms with Gasteiger partial charge in [0, 0.05) is 46.8 Å². The molecule has 0 spiro atoms. The maximum atomic E-state index is 10.2. The Morgan fingerprint density at radius 2 is 1.55 bits per heavy atom. The summed E-state index contributed by atoms with van der Waals surface area (Å²) in [5.74, 6) is 0. The Balaban J connectivity index is 0. The van der Waals surface area contributed by atoms with Gasteiger partial charge in [-0.3, -0.25) is 4.79 Å². The summed E-state index contributed by atoms with van der Waals surface area (Å²) in [5.41, 5.74) is 0. The highest BCUT2D eigenvalue weighted by Gasteiger charge is 2.37. The van der Waals surface area contributed by atoms with Gasteiger partial charge < -0.3 is 35.5 Å². The third-order valence-corrected chi connectivity index (χ3v) is 6.18.